The molecule has 2 aliphatic heterocycles. The van der Waals surface area contributed by atoms with Crippen LogP contribution in [0.2, 0.25) is 0 Å². The first-order chi connectivity index (χ1) is 15.1. The van der Waals surface area contributed by atoms with Gasteiger partial charge in [-0.1, -0.05) is 67.1 Å². The maximum absolute atomic E-state index is 13.4. The zero-order chi connectivity index (χ0) is 21.6. The van der Waals surface area contributed by atoms with Crippen molar-refractivity contribution in [3.63, 3.8) is 0 Å². The summed E-state index contributed by atoms with van der Waals surface area (Å²) in [5.41, 5.74) is 2.42. The molecule has 0 spiro atoms. The van der Waals surface area contributed by atoms with Crippen molar-refractivity contribution in [2.24, 2.45) is 0 Å². The number of likely N-dealkylation sites (tertiary alicyclic amines) is 1. The molecule has 31 heavy (non-hydrogen) atoms. The van der Waals surface area contributed by atoms with E-state index in [1.165, 1.54) is 30.4 Å². The fourth-order valence-electron chi connectivity index (χ4n) is 5.32. The molecular weight excluding hydrogens is 382 g/mol. The minimum absolute atomic E-state index is 0.0974. The summed E-state index contributed by atoms with van der Waals surface area (Å²) in [6.45, 7) is 5.57. The Morgan fingerprint density at radius 1 is 1.03 bits per heavy atom. The molecule has 1 N–H and O–H groups in total. The lowest BCUT2D eigenvalue weighted by atomic mass is 9.88. The quantitative estimate of drug-likeness (QED) is 0.728. The fourth-order valence-corrected chi connectivity index (χ4v) is 5.32. The van der Waals surface area contributed by atoms with Gasteiger partial charge in [-0.15, -0.1) is 0 Å². The predicted molar refractivity (Wildman–Crippen MR) is 127 cm³/mol. The highest BCUT2D eigenvalue weighted by Crippen LogP contribution is 2.29. The molecule has 166 valence electrons. The molecule has 0 aromatic heterocycles. The van der Waals surface area contributed by atoms with Gasteiger partial charge >= 0.3 is 0 Å². The van der Waals surface area contributed by atoms with E-state index in [9.17, 15) is 4.79 Å². The summed E-state index contributed by atoms with van der Waals surface area (Å²) in [5, 5.41) is 3.70. The monoisotopic (exact) mass is 419 g/mol. The van der Waals surface area contributed by atoms with Crippen LogP contribution in [0.15, 0.2) is 60.7 Å². The van der Waals surface area contributed by atoms with E-state index in [0.29, 0.717) is 24.5 Å². The number of hydrogen-bond donors (Lipinski definition) is 1. The van der Waals surface area contributed by atoms with Crippen LogP contribution in [0, 0.1) is 0 Å². The van der Waals surface area contributed by atoms with Crippen molar-refractivity contribution >= 4 is 5.91 Å². The molecule has 0 radical (unpaired) electrons. The number of carbonyl (C=O) groups excluding carboxylic acids is 1. The Balaban J connectivity index is 1.40. The minimum atomic E-state index is 0.0974. The van der Waals surface area contributed by atoms with Crippen LogP contribution in [0.1, 0.15) is 56.1 Å². The molecule has 2 aromatic rings. The van der Waals surface area contributed by atoms with E-state index >= 15 is 0 Å². The van der Waals surface area contributed by atoms with Gasteiger partial charge in [-0.2, -0.15) is 0 Å². The van der Waals surface area contributed by atoms with Crippen LogP contribution in [0.4, 0.5) is 0 Å². The van der Waals surface area contributed by atoms with Crippen LogP contribution in [0.5, 0.6) is 0 Å². The third-order valence-electron chi connectivity index (χ3n) is 7.43. The average Bonchev–Trinajstić information content (AvgIpc) is 3.33. The molecule has 1 amide bonds. The first-order valence-corrected chi connectivity index (χ1v) is 12.0. The third-order valence-corrected chi connectivity index (χ3v) is 7.43. The van der Waals surface area contributed by atoms with Crippen molar-refractivity contribution in [3.8, 4) is 0 Å². The topological polar surface area (TPSA) is 35.6 Å². The molecule has 4 rings (SSSR count). The summed E-state index contributed by atoms with van der Waals surface area (Å²) in [5.74, 6) is 0.341. The lowest BCUT2D eigenvalue weighted by Gasteiger charge is -2.35. The van der Waals surface area contributed by atoms with E-state index < -0.39 is 0 Å². The van der Waals surface area contributed by atoms with Crippen molar-refractivity contribution in [1.29, 1.82) is 0 Å². The predicted octanol–water partition coefficient (Wildman–Crippen LogP) is 4.27. The Morgan fingerprint density at radius 3 is 2.26 bits per heavy atom. The van der Waals surface area contributed by atoms with Gasteiger partial charge in [0.05, 0.1) is 0 Å². The second kappa shape index (κ2) is 10.4. The van der Waals surface area contributed by atoms with E-state index in [2.05, 4.69) is 65.7 Å². The molecule has 3 atom stereocenters. The first kappa shape index (κ1) is 22.0. The minimum Gasteiger partial charge on any atom is -0.341 e. The molecule has 4 nitrogen and oxygen atoms in total. The van der Waals surface area contributed by atoms with Gasteiger partial charge in [0.2, 0.25) is 5.91 Å². The highest BCUT2D eigenvalue weighted by molar-refractivity contribution is 5.78. The van der Waals surface area contributed by atoms with E-state index in [4.69, 9.17) is 0 Å². The highest BCUT2D eigenvalue weighted by Gasteiger charge is 2.34. The van der Waals surface area contributed by atoms with Gasteiger partial charge in [-0.05, 0) is 43.9 Å². The van der Waals surface area contributed by atoms with Crippen molar-refractivity contribution in [2.75, 3.05) is 26.7 Å². The molecule has 2 unspecified atom stereocenters. The lowest BCUT2D eigenvalue weighted by Crippen LogP contribution is -2.50. The molecule has 2 heterocycles. The number of hydrogen-bond acceptors (Lipinski definition) is 3. The van der Waals surface area contributed by atoms with Gasteiger partial charge < -0.3 is 10.2 Å². The standard InChI is InChI=1S/C27H37N3O/c1-21(26-15-9-10-17-28-26)30-18-16-24(20-30)29(2)27(31)19-25(22-11-5-3-6-12-22)23-13-7-4-8-14-23/h3-8,11-14,21,24-26,28H,9-10,15-20H2,1-2H3/t21-,24?,26?/m0/s1. The van der Waals surface area contributed by atoms with Gasteiger partial charge in [0.1, 0.15) is 0 Å². The van der Waals surface area contributed by atoms with Gasteiger partial charge in [0.25, 0.3) is 0 Å². The Labute approximate surface area is 187 Å². The zero-order valence-electron chi connectivity index (χ0n) is 19.0. The number of carbonyl (C=O) groups is 1. The van der Waals surface area contributed by atoms with E-state index in [-0.39, 0.29) is 11.8 Å². The Morgan fingerprint density at radius 2 is 1.68 bits per heavy atom. The molecule has 0 bridgehead atoms. The third kappa shape index (κ3) is 5.36. The van der Waals surface area contributed by atoms with Crippen LogP contribution >= 0.6 is 0 Å². The zero-order valence-corrected chi connectivity index (χ0v) is 19.0. The molecule has 2 saturated heterocycles. The second-order valence-corrected chi connectivity index (χ2v) is 9.32. The van der Waals surface area contributed by atoms with Gasteiger partial charge in [0, 0.05) is 50.6 Å². The fraction of sp³-hybridized carbons (Fsp3) is 0.519. The van der Waals surface area contributed by atoms with Crippen LogP contribution < -0.4 is 5.32 Å². The van der Waals surface area contributed by atoms with E-state index in [1.54, 1.807) is 0 Å². The molecular formula is C27H37N3O. The van der Waals surface area contributed by atoms with Crippen LogP contribution in [0.3, 0.4) is 0 Å². The van der Waals surface area contributed by atoms with Crippen LogP contribution in [0.25, 0.3) is 0 Å². The summed E-state index contributed by atoms with van der Waals surface area (Å²) in [7, 11) is 2.01. The summed E-state index contributed by atoms with van der Waals surface area (Å²) in [6.07, 6.45) is 5.49. The molecule has 2 aliphatic rings. The van der Waals surface area contributed by atoms with Crippen molar-refractivity contribution in [3.05, 3.63) is 71.8 Å². The summed E-state index contributed by atoms with van der Waals surface area (Å²) in [4.78, 5) is 18.0. The summed E-state index contributed by atoms with van der Waals surface area (Å²) < 4.78 is 0. The number of likely N-dealkylation sites (N-methyl/N-ethyl adjacent to an activating group) is 1. The van der Waals surface area contributed by atoms with E-state index in [1.807, 2.05) is 24.1 Å². The van der Waals surface area contributed by atoms with Gasteiger partial charge in [0.15, 0.2) is 0 Å². The molecule has 2 aromatic carbocycles. The molecule has 0 saturated carbocycles. The molecule has 4 heteroatoms. The molecule has 0 aliphatic carbocycles. The SMILES string of the molecule is C[C@@H](C1CCCCN1)N1CCC(N(C)C(=O)CC(c2ccccc2)c2ccccc2)C1. The average molecular weight is 420 g/mol. The van der Waals surface area contributed by atoms with Gasteiger partial charge in [-0.3, -0.25) is 9.69 Å². The number of nitrogens with zero attached hydrogens (tertiary/aromatic N) is 2. The van der Waals surface area contributed by atoms with Crippen LogP contribution in [-0.4, -0.2) is 60.5 Å². The maximum atomic E-state index is 13.4. The molecule has 2 fully saturated rings. The largest absolute Gasteiger partial charge is 0.341 e. The number of benzene rings is 2. The normalized spacial score (nSPS) is 23.1. The van der Waals surface area contributed by atoms with Gasteiger partial charge in [-0.25, -0.2) is 0 Å². The summed E-state index contributed by atoms with van der Waals surface area (Å²) >= 11 is 0. The number of piperidine rings is 1. The van der Waals surface area contributed by atoms with E-state index in [0.717, 1.165) is 26.1 Å². The lowest BCUT2D eigenvalue weighted by molar-refractivity contribution is -0.132. The summed E-state index contributed by atoms with van der Waals surface area (Å²) in [6, 6.07) is 22.3. The Bertz CT molecular complexity index is 779. The second-order valence-electron chi connectivity index (χ2n) is 9.32. The maximum Gasteiger partial charge on any atom is 0.223 e. The number of amides is 1. The van der Waals surface area contributed by atoms with Crippen molar-refractivity contribution < 1.29 is 4.79 Å². The van der Waals surface area contributed by atoms with Crippen molar-refractivity contribution in [1.82, 2.24) is 15.1 Å². The number of rotatable bonds is 7. The van der Waals surface area contributed by atoms with Crippen LogP contribution in [-0.2, 0) is 4.79 Å². The highest BCUT2D eigenvalue weighted by atomic mass is 16.2. The van der Waals surface area contributed by atoms with Crippen molar-refractivity contribution in [2.45, 2.75) is 63.1 Å². The Hall–Kier alpha value is -2.17. The first-order valence-electron chi connectivity index (χ1n) is 12.0. The smallest absolute Gasteiger partial charge is 0.223 e. The Kier molecular flexibility index (Phi) is 7.41. The number of nitrogens with one attached hydrogen (secondary N) is 1.